The fourth-order valence-electron chi connectivity index (χ4n) is 5.06. The lowest BCUT2D eigenvalue weighted by Crippen LogP contribution is -2.48. The predicted octanol–water partition coefficient (Wildman–Crippen LogP) is 4.84. The topological polar surface area (TPSA) is 75.6 Å². The Morgan fingerprint density at radius 3 is 2.28 bits per heavy atom. The van der Waals surface area contributed by atoms with Gasteiger partial charge in [-0.1, -0.05) is 35.9 Å². The number of carbonyl (C=O) groups excluding carboxylic acids is 1. The van der Waals surface area contributed by atoms with Crippen molar-refractivity contribution in [2.45, 2.75) is 6.42 Å². The van der Waals surface area contributed by atoms with E-state index in [0.717, 1.165) is 6.42 Å². The Kier molecular flexibility index (Phi) is 4.36. The third-order valence-corrected chi connectivity index (χ3v) is 6.74. The summed E-state index contributed by atoms with van der Waals surface area (Å²) in [5.74, 6) is -0.209. The number of para-hydroxylation sites is 1. The molecule has 2 fully saturated rings. The van der Waals surface area contributed by atoms with Gasteiger partial charge in [-0.15, -0.1) is 0 Å². The number of hydrogen-bond acceptors (Lipinski definition) is 3. The molecule has 4 aliphatic rings. The maximum Gasteiger partial charge on any atom is 0.307 e. The van der Waals surface area contributed by atoms with Gasteiger partial charge >= 0.3 is 5.97 Å². The molecule has 2 N–H and O–H groups in total. The van der Waals surface area contributed by atoms with Crippen molar-refractivity contribution < 1.29 is 19.4 Å². The second-order valence-electron chi connectivity index (χ2n) is 8.04. The summed E-state index contributed by atoms with van der Waals surface area (Å²) >= 11 is 6.11. The third kappa shape index (κ3) is 3.19. The number of amides is 1. The fourth-order valence-corrected chi connectivity index (χ4v) is 5.23. The average Bonchev–Trinajstić information content (AvgIpc) is 3.53. The third-order valence-electron chi connectivity index (χ3n) is 6.43. The first-order valence-electron chi connectivity index (χ1n) is 9.77. The van der Waals surface area contributed by atoms with Gasteiger partial charge in [0.05, 0.1) is 16.9 Å². The number of ether oxygens (including phenoxy) is 1. The average molecular weight is 410 g/mol. The van der Waals surface area contributed by atoms with Gasteiger partial charge in [-0.05, 0) is 66.5 Å². The minimum atomic E-state index is -0.877. The van der Waals surface area contributed by atoms with Gasteiger partial charge in [0.15, 0.2) is 0 Å². The summed E-state index contributed by atoms with van der Waals surface area (Å²) in [7, 11) is 0. The first kappa shape index (κ1) is 18.3. The van der Waals surface area contributed by atoms with Gasteiger partial charge in [-0.3, -0.25) is 9.59 Å². The second kappa shape index (κ2) is 6.92. The largest absolute Gasteiger partial charge is 0.481 e. The lowest BCUT2D eigenvalue weighted by molar-refractivity contribution is -0.152. The Balaban J connectivity index is 1.30. The van der Waals surface area contributed by atoms with E-state index in [1.807, 2.05) is 18.2 Å². The Labute approximate surface area is 173 Å². The number of halogens is 1. The van der Waals surface area contributed by atoms with Gasteiger partial charge in [-0.25, -0.2) is 0 Å². The van der Waals surface area contributed by atoms with E-state index in [0.29, 0.717) is 34.0 Å². The summed E-state index contributed by atoms with van der Waals surface area (Å²) in [6.45, 7) is 0. The first-order valence-corrected chi connectivity index (χ1v) is 10.1. The van der Waals surface area contributed by atoms with Crippen LogP contribution in [0.15, 0.2) is 60.7 Å². The monoisotopic (exact) mass is 409 g/mol. The summed E-state index contributed by atoms with van der Waals surface area (Å²) in [5.41, 5.74) is 0.614. The molecule has 2 saturated carbocycles. The number of benzene rings is 2. The van der Waals surface area contributed by atoms with Gasteiger partial charge in [0.1, 0.15) is 11.5 Å². The van der Waals surface area contributed by atoms with Gasteiger partial charge in [0.25, 0.3) is 0 Å². The minimum Gasteiger partial charge on any atom is -0.481 e. The SMILES string of the molecule is O=C(O)[C@@H]1[C@H]2C=C[C@@H]([C@@H]3C[C@H]23)[C@H]1C(=O)Nc1ccc(Oc2ccccc2Cl)cc1. The molecular weight excluding hydrogens is 390 g/mol. The Morgan fingerprint density at radius 2 is 1.62 bits per heavy atom. The number of nitrogens with one attached hydrogen (secondary N) is 1. The van der Waals surface area contributed by atoms with Gasteiger partial charge in [-0.2, -0.15) is 0 Å². The number of rotatable bonds is 5. The summed E-state index contributed by atoms with van der Waals surface area (Å²) in [5, 5.41) is 13.2. The van der Waals surface area contributed by atoms with Crippen LogP contribution in [-0.2, 0) is 9.59 Å². The van der Waals surface area contributed by atoms with Gasteiger partial charge in [0.2, 0.25) is 5.91 Å². The molecule has 0 unspecified atom stereocenters. The Hall–Kier alpha value is -2.79. The van der Waals surface area contributed by atoms with Crippen LogP contribution in [0.4, 0.5) is 5.69 Å². The van der Waals surface area contributed by atoms with Crippen molar-refractivity contribution >= 4 is 29.2 Å². The number of carbonyl (C=O) groups is 2. The molecule has 148 valence electrons. The maximum atomic E-state index is 13.0. The summed E-state index contributed by atoms with van der Waals surface area (Å²) in [6, 6.07) is 14.2. The molecule has 6 rings (SSSR count). The minimum absolute atomic E-state index is 0.0222. The normalized spacial score (nSPS) is 31.1. The Morgan fingerprint density at radius 1 is 0.966 bits per heavy atom. The highest BCUT2D eigenvalue weighted by molar-refractivity contribution is 6.32. The summed E-state index contributed by atoms with van der Waals surface area (Å²) in [6.07, 6.45) is 5.11. The highest BCUT2D eigenvalue weighted by atomic mass is 35.5. The van der Waals surface area contributed by atoms with E-state index in [1.165, 1.54) is 0 Å². The van der Waals surface area contributed by atoms with Gasteiger partial charge in [0, 0.05) is 5.69 Å². The highest BCUT2D eigenvalue weighted by Gasteiger charge is 2.62. The van der Waals surface area contributed by atoms with E-state index >= 15 is 0 Å². The lowest BCUT2D eigenvalue weighted by Gasteiger charge is -2.41. The number of carboxylic acid groups (broad SMARTS) is 1. The smallest absolute Gasteiger partial charge is 0.307 e. The molecule has 0 saturated heterocycles. The van der Waals surface area contributed by atoms with Crippen molar-refractivity contribution in [3.8, 4) is 11.5 Å². The molecule has 2 aromatic carbocycles. The maximum absolute atomic E-state index is 13.0. The number of hydrogen-bond donors (Lipinski definition) is 2. The molecule has 0 spiro atoms. The van der Waals surface area contributed by atoms with Crippen LogP contribution in [0.3, 0.4) is 0 Å². The molecular formula is C23H20ClNO4. The fraction of sp³-hybridized carbons (Fsp3) is 0.304. The lowest BCUT2D eigenvalue weighted by atomic mass is 9.62. The van der Waals surface area contributed by atoms with E-state index in [2.05, 4.69) is 11.4 Å². The van der Waals surface area contributed by atoms with Crippen molar-refractivity contribution in [3.05, 3.63) is 65.7 Å². The van der Waals surface area contributed by atoms with Crippen molar-refractivity contribution in [2.75, 3.05) is 5.32 Å². The molecule has 4 aliphatic carbocycles. The summed E-state index contributed by atoms with van der Waals surface area (Å²) in [4.78, 5) is 24.9. The molecule has 2 aromatic rings. The van der Waals surface area contributed by atoms with Crippen LogP contribution in [0, 0.1) is 35.5 Å². The number of carboxylic acids is 1. The number of aliphatic carboxylic acids is 1. The zero-order valence-corrected chi connectivity index (χ0v) is 16.3. The van der Waals surface area contributed by atoms with Crippen LogP contribution < -0.4 is 10.1 Å². The molecule has 0 radical (unpaired) electrons. The van der Waals surface area contributed by atoms with Crippen LogP contribution in [-0.4, -0.2) is 17.0 Å². The quantitative estimate of drug-likeness (QED) is 0.693. The van der Waals surface area contributed by atoms with Crippen LogP contribution in [0.1, 0.15) is 6.42 Å². The molecule has 6 heteroatoms. The molecule has 0 heterocycles. The van der Waals surface area contributed by atoms with Crippen molar-refractivity contribution in [2.24, 2.45) is 35.5 Å². The van der Waals surface area contributed by atoms with Crippen molar-refractivity contribution in [1.29, 1.82) is 0 Å². The molecule has 0 aromatic heterocycles. The number of allylic oxidation sites excluding steroid dienone is 2. The van der Waals surface area contributed by atoms with E-state index in [-0.39, 0.29) is 17.7 Å². The Bertz CT molecular complexity index is 1000. The first-order chi connectivity index (χ1) is 14.0. The number of anilines is 1. The summed E-state index contributed by atoms with van der Waals surface area (Å²) < 4.78 is 5.76. The molecule has 2 bridgehead atoms. The van der Waals surface area contributed by atoms with E-state index in [9.17, 15) is 14.7 Å². The van der Waals surface area contributed by atoms with Crippen LogP contribution >= 0.6 is 11.6 Å². The zero-order chi connectivity index (χ0) is 20.1. The second-order valence-corrected chi connectivity index (χ2v) is 8.45. The van der Waals surface area contributed by atoms with Crippen LogP contribution in [0.2, 0.25) is 5.02 Å². The molecule has 0 aliphatic heterocycles. The highest BCUT2D eigenvalue weighted by Crippen LogP contribution is 2.63. The standard InChI is InChI=1S/C23H20ClNO4/c24-18-3-1-2-4-19(18)29-13-7-5-12(6-8-13)25-22(26)20-14-9-10-15(17-11-16(14)17)21(20)23(27)28/h1-10,14-17,20-21H,11H2,(H,25,26)(H,27,28)/t14-,15-,16-,17+,20+,21+/m0/s1. The number of fused-ring (bicyclic) bond motifs is 1. The van der Waals surface area contributed by atoms with E-state index in [1.54, 1.807) is 36.4 Å². The molecule has 1 amide bonds. The predicted molar refractivity (Wildman–Crippen MR) is 109 cm³/mol. The molecule has 5 nitrogen and oxygen atoms in total. The van der Waals surface area contributed by atoms with Crippen molar-refractivity contribution in [1.82, 2.24) is 0 Å². The van der Waals surface area contributed by atoms with Crippen LogP contribution in [0.25, 0.3) is 0 Å². The molecule has 6 atom stereocenters. The van der Waals surface area contributed by atoms with E-state index < -0.39 is 17.8 Å². The van der Waals surface area contributed by atoms with Crippen molar-refractivity contribution in [3.63, 3.8) is 0 Å². The zero-order valence-electron chi connectivity index (χ0n) is 15.5. The van der Waals surface area contributed by atoms with Crippen LogP contribution in [0.5, 0.6) is 11.5 Å². The molecule has 29 heavy (non-hydrogen) atoms. The van der Waals surface area contributed by atoms with E-state index in [4.69, 9.17) is 16.3 Å². The van der Waals surface area contributed by atoms with Gasteiger partial charge < -0.3 is 15.2 Å².